The third-order valence-electron chi connectivity index (χ3n) is 3.65. The zero-order valence-electron chi connectivity index (χ0n) is 11.5. The summed E-state index contributed by atoms with van der Waals surface area (Å²) in [6.07, 6.45) is 3.63. The Morgan fingerprint density at radius 3 is 2.79 bits per heavy atom. The summed E-state index contributed by atoms with van der Waals surface area (Å²) in [4.78, 5) is 21.5. The molecule has 0 unspecified atom stereocenters. The van der Waals surface area contributed by atoms with Gasteiger partial charge in [-0.3, -0.25) is 4.79 Å². The van der Waals surface area contributed by atoms with Crippen LogP contribution in [0.1, 0.15) is 25.3 Å². The quantitative estimate of drug-likeness (QED) is 0.839. The van der Waals surface area contributed by atoms with E-state index >= 15 is 0 Å². The van der Waals surface area contributed by atoms with E-state index in [9.17, 15) is 4.79 Å². The minimum absolute atomic E-state index is 0.0434. The van der Waals surface area contributed by atoms with Crippen molar-refractivity contribution in [2.45, 2.75) is 26.7 Å². The van der Waals surface area contributed by atoms with E-state index in [1.54, 1.807) is 6.92 Å². The van der Waals surface area contributed by atoms with Crippen molar-refractivity contribution in [1.29, 1.82) is 0 Å². The first-order valence-electron chi connectivity index (χ1n) is 6.64. The molecule has 0 saturated carbocycles. The molecule has 1 aromatic rings. The van der Waals surface area contributed by atoms with Crippen molar-refractivity contribution in [3.8, 4) is 0 Å². The van der Waals surface area contributed by atoms with Gasteiger partial charge in [-0.25, -0.2) is 9.97 Å². The normalized spacial score (nSPS) is 16.4. The first kappa shape index (κ1) is 13.6. The molecule has 104 valence electrons. The third kappa shape index (κ3) is 3.33. The summed E-state index contributed by atoms with van der Waals surface area (Å²) >= 11 is 0. The number of nitrogens with two attached hydrogens (primary N) is 1. The van der Waals surface area contributed by atoms with Crippen LogP contribution in [0.3, 0.4) is 0 Å². The molecule has 0 bridgehead atoms. The smallest absolute Gasteiger partial charge is 0.216 e. The molecule has 0 radical (unpaired) electrons. The fourth-order valence-electron chi connectivity index (χ4n) is 2.41. The Bertz CT molecular complexity index is 454. The fourth-order valence-corrected chi connectivity index (χ4v) is 2.41. The number of aromatic nitrogens is 2. The average Bonchev–Trinajstić information content (AvgIpc) is 2.40. The van der Waals surface area contributed by atoms with Gasteiger partial charge in [0.1, 0.15) is 18.0 Å². The number of nitrogens with one attached hydrogen (secondary N) is 1. The number of piperidine rings is 1. The summed E-state index contributed by atoms with van der Waals surface area (Å²) in [6.45, 7) is 6.17. The number of carbonyl (C=O) groups is 1. The second kappa shape index (κ2) is 5.86. The van der Waals surface area contributed by atoms with Crippen molar-refractivity contribution in [2.75, 3.05) is 30.3 Å². The predicted octanol–water partition coefficient (Wildman–Crippen LogP) is 0.720. The van der Waals surface area contributed by atoms with Crippen molar-refractivity contribution in [1.82, 2.24) is 15.3 Å². The molecule has 6 heteroatoms. The average molecular weight is 263 g/mol. The predicted molar refractivity (Wildman–Crippen MR) is 74.8 cm³/mol. The number of rotatable bonds is 3. The van der Waals surface area contributed by atoms with Crippen LogP contribution in [0, 0.1) is 12.8 Å². The standard InChI is InChI=1S/C13H21N5O/c1-9-12(14)16-8-17-13(9)18-5-3-11(4-6-18)7-15-10(2)19/h8,11H,3-7H2,1-2H3,(H,15,19)(H2,14,16,17). The molecule has 0 aromatic carbocycles. The maximum atomic E-state index is 10.9. The summed E-state index contributed by atoms with van der Waals surface area (Å²) in [7, 11) is 0. The summed E-state index contributed by atoms with van der Waals surface area (Å²) in [5.74, 6) is 2.08. The van der Waals surface area contributed by atoms with Gasteiger partial charge in [0.25, 0.3) is 0 Å². The van der Waals surface area contributed by atoms with Crippen LogP contribution in [-0.4, -0.2) is 35.5 Å². The van der Waals surface area contributed by atoms with E-state index in [0.29, 0.717) is 11.7 Å². The van der Waals surface area contributed by atoms with E-state index in [0.717, 1.165) is 43.9 Å². The van der Waals surface area contributed by atoms with Gasteiger partial charge in [0.2, 0.25) is 5.91 Å². The molecule has 1 saturated heterocycles. The van der Waals surface area contributed by atoms with Crippen LogP contribution in [-0.2, 0) is 4.79 Å². The van der Waals surface area contributed by atoms with Gasteiger partial charge in [-0.2, -0.15) is 0 Å². The van der Waals surface area contributed by atoms with Gasteiger partial charge >= 0.3 is 0 Å². The zero-order valence-corrected chi connectivity index (χ0v) is 11.5. The Kier molecular flexibility index (Phi) is 4.19. The lowest BCUT2D eigenvalue weighted by Crippen LogP contribution is -2.39. The molecule has 1 amide bonds. The molecule has 0 aliphatic carbocycles. The van der Waals surface area contributed by atoms with Crippen molar-refractivity contribution in [2.24, 2.45) is 5.92 Å². The number of anilines is 2. The Morgan fingerprint density at radius 1 is 1.47 bits per heavy atom. The number of hydrogen-bond acceptors (Lipinski definition) is 5. The number of carbonyl (C=O) groups excluding carboxylic acids is 1. The van der Waals surface area contributed by atoms with Crippen LogP contribution < -0.4 is 16.0 Å². The van der Waals surface area contributed by atoms with Crippen molar-refractivity contribution in [3.05, 3.63) is 11.9 Å². The Morgan fingerprint density at radius 2 is 2.16 bits per heavy atom. The highest BCUT2D eigenvalue weighted by Crippen LogP contribution is 2.25. The van der Waals surface area contributed by atoms with E-state index < -0.39 is 0 Å². The lowest BCUT2D eigenvalue weighted by molar-refractivity contribution is -0.119. The van der Waals surface area contributed by atoms with Gasteiger partial charge in [0, 0.05) is 32.1 Å². The van der Waals surface area contributed by atoms with E-state index in [1.165, 1.54) is 6.33 Å². The minimum atomic E-state index is 0.0434. The molecule has 1 fully saturated rings. The van der Waals surface area contributed by atoms with Gasteiger partial charge in [-0.05, 0) is 25.7 Å². The van der Waals surface area contributed by atoms with Gasteiger partial charge in [0.05, 0.1) is 0 Å². The molecule has 3 N–H and O–H groups in total. The summed E-state index contributed by atoms with van der Waals surface area (Å²) in [5.41, 5.74) is 6.76. The molecule has 19 heavy (non-hydrogen) atoms. The van der Waals surface area contributed by atoms with Crippen LogP contribution in [0.5, 0.6) is 0 Å². The summed E-state index contributed by atoms with van der Waals surface area (Å²) in [6, 6.07) is 0. The summed E-state index contributed by atoms with van der Waals surface area (Å²) in [5, 5.41) is 2.89. The van der Waals surface area contributed by atoms with Gasteiger partial charge < -0.3 is 16.0 Å². The second-order valence-corrected chi connectivity index (χ2v) is 5.08. The van der Waals surface area contributed by atoms with Crippen LogP contribution >= 0.6 is 0 Å². The lowest BCUT2D eigenvalue weighted by Gasteiger charge is -2.33. The molecule has 1 aromatic heterocycles. The molecule has 1 aliphatic rings. The Hall–Kier alpha value is -1.85. The van der Waals surface area contributed by atoms with Gasteiger partial charge in [-0.15, -0.1) is 0 Å². The van der Waals surface area contributed by atoms with E-state index in [1.807, 2.05) is 6.92 Å². The topological polar surface area (TPSA) is 84.1 Å². The third-order valence-corrected chi connectivity index (χ3v) is 3.65. The second-order valence-electron chi connectivity index (χ2n) is 5.08. The Balaban J connectivity index is 1.92. The van der Waals surface area contributed by atoms with Crippen molar-refractivity contribution >= 4 is 17.5 Å². The first-order valence-corrected chi connectivity index (χ1v) is 6.64. The highest BCUT2D eigenvalue weighted by Gasteiger charge is 2.21. The molecule has 2 rings (SSSR count). The lowest BCUT2D eigenvalue weighted by atomic mass is 9.96. The van der Waals surface area contributed by atoms with Crippen LogP contribution in [0.2, 0.25) is 0 Å². The Labute approximate surface area is 113 Å². The molecular weight excluding hydrogens is 242 g/mol. The largest absolute Gasteiger partial charge is 0.383 e. The highest BCUT2D eigenvalue weighted by molar-refractivity contribution is 5.72. The molecular formula is C13H21N5O. The number of hydrogen-bond donors (Lipinski definition) is 2. The van der Waals surface area contributed by atoms with E-state index in [2.05, 4.69) is 20.2 Å². The maximum Gasteiger partial charge on any atom is 0.216 e. The first-order chi connectivity index (χ1) is 9.08. The molecule has 0 atom stereocenters. The zero-order chi connectivity index (χ0) is 13.8. The summed E-state index contributed by atoms with van der Waals surface area (Å²) < 4.78 is 0. The van der Waals surface area contributed by atoms with Crippen LogP contribution in [0.25, 0.3) is 0 Å². The van der Waals surface area contributed by atoms with E-state index in [4.69, 9.17) is 5.73 Å². The van der Waals surface area contributed by atoms with Crippen LogP contribution in [0.4, 0.5) is 11.6 Å². The fraction of sp³-hybridized carbons (Fsp3) is 0.615. The SMILES string of the molecule is CC(=O)NCC1CCN(c2ncnc(N)c2C)CC1. The highest BCUT2D eigenvalue weighted by atomic mass is 16.1. The minimum Gasteiger partial charge on any atom is -0.383 e. The van der Waals surface area contributed by atoms with Crippen LogP contribution in [0.15, 0.2) is 6.33 Å². The maximum absolute atomic E-state index is 10.9. The number of nitrogen functional groups attached to an aromatic ring is 1. The van der Waals surface area contributed by atoms with Gasteiger partial charge in [-0.1, -0.05) is 0 Å². The molecule has 6 nitrogen and oxygen atoms in total. The molecule has 0 spiro atoms. The van der Waals surface area contributed by atoms with Crippen molar-refractivity contribution in [3.63, 3.8) is 0 Å². The number of nitrogens with zero attached hydrogens (tertiary/aromatic N) is 3. The monoisotopic (exact) mass is 263 g/mol. The molecule has 2 heterocycles. The molecule has 1 aliphatic heterocycles. The van der Waals surface area contributed by atoms with Gasteiger partial charge in [0.15, 0.2) is 0 Å². The van der Waals surface area contributed by atoms with Crippen molar-refractivity contribution < 1.29 is 4.79 Å². The number of amides is 1. The van der Waals surface area contributed by atoms with E-state index in [-0.39, 0.29) is 5.91 Å².